The molecule has 0 saturated carbocycles. The van der Waals surface area contributed by atoms with Crippen molar-refractivity contribution in [2.45, 2.75) is 0 Å². The van der Waals surface area contributed by atoms with Crippen LogP contribution in [-0.4, -0.2) is 20.9 Å². The molecule has 0 aromatic carbocycles. The van der Waals surface area contributed by atoms with E-state index in [0.29, 0.717) is 22.6 Å². The molecular formula is C7H4ClN3O. The normalized spacial score (nSPS) is 10.4. The molecule has 2 aromatic rings. The Bertz CT molecular complexity index is 437. The van der Waals surface area contributed by atoms with Crippen LogP contribution in [-0.2, 0) is 0 Å². The van der Waals surface area contributed by atoms with Gasteiger partial charge in [-0.3, -0.25) is 4.79 Å². The molecule has 0 aliphatic heterocycles. The zero-order chi connectivity index (χ0) is 8.55. The van der Waals surface area contributed by atoms with E-state index in [4.69, 9.17) is 11.6 Å². The highest BCUT2D eigenvalue weighted by molar-refractivity contribution is 6.30. The molecule has 0 unspecified atom stereocenters. The van der Waals surface area contributed by atoms with Crippen LogP contribution in [0.1, 0.15) is 10.5 Å². The number of halogens is 1. The third-order valence-electron chi connectivity index (χ3n) is 1.42. The maximum Gasteiger partial charge on any atom is 0.170 e. The SMILES string of the molecule is O=Cc1cc2ncc(Cl)cn2n1. The molecule has 2 rings (SSSR count). The minimum absolute atomic E-state index is 0.352. The van der Waals surface area contributed by atoms with E-state index in [2.05, 4.69) is 10.1 Å². The minimum atomic E-state index is 0.352. The molecule has 60 valence electrons. The van der Waals surface area contributed by atoms with Crippen molar-refractivity contribution in [3.63, 3.8) is 0 Å². The van der Waals surface area contributed by atoms with Gasteiger partial charge in [-0.15, -0.1) is 0 Å². The summed E-state index contributed by atoms with van der Waals surface area (Å²) in [5, 5.41) is 4.38. The topological polar surface area (TPSA) is 47.3 Å². The Labute approximate surface area is 72.8 Å². The lowest BCUT2D eigenvalue weighted by molar-refractivity contribution is 0.111. The fourth-order valence-corrected chi connectivity index (χ4v) is 1.07. The summed E-state index contributed by atoms with van der Waals surface area (Å²) in [6, 6.07) is 1.59. The molecule has 0 saturated heterocycles. The lowest BCUT2D eigenvalue weighted by Crippen LogP contribution is -1.89. The summed E-state index contributed by atoms with van der Waals surface area (Å²) in [4.78, 5) is 14.3. The monoisotopic (exact) mass is 181 g/mol. The maximum absolute atomic E-state index is 10.3. The van der Waals surface area contributed by atoms with Crippen LogP contribution in [0, 0.1) is 0 Å². The second-order valence-corrected chi connectivity index (χ2v) is 2.70. The van der Waals surface area contributed by atoms with Crippen molar-refractivity contribution in [2.24, 2.45) is 0 Å². The van der Waals surface area contributed by atoms with E-state index < -0.39 is 0 Å². The Balaban J connectivity index is 2.75. The van der Waals surface area contributed by atoms with Crippen LogP contribution < -0.4 is 0 Å². The first-order valence-electron chi connectivity index (χ1n) is 3.26. The van der Waals surface area contributed by atoms with Crippen LogP contribution in [0.2, 0.25) is 5.02 Å². The van der Waals surface area contributed by atoms with Crippen molar-refractivity contribution >= 4 is 23.5 Å². The van der Waals surface area contributed by atoms with Gasteiger partial charge in [0.2, 0.25) is 0 Å². The van der Waals surface area contributed by atoms with Gasteiger partial charge >= 0.3 is 0 Å². The van der Waals surface area contributed by atoms with E-state index >= 15 is 0 Å². The van der Waals surface area contributed by atoms with E-state index in [1.165, 1.54) is 10.7 Å². The molecule has 5 heteroatoms. The third-order valence-corrected chi connectivity index (χ3v) is 1.62. The average molecular weight is 182 g/mol. The smallest absolute Gasteiger partial charge is 0.170 e. The van der Waals surface area contributed by atoms with Gasteiger partial charge in [-0.25, -0.2) is 9.50 Å². The first-order chi connectivity index (χ1) is 5.79. The third kappa shape index (κ3) is 1.06. The molecule has 2 heterocycles. The summed E-state index contributed by atoms with van der Waals surface area (Å²) in [6.45, 7) is 0. The molecular weight excluding hydrogens is 178 g/mol. The van der Waals surface area contributed by atoms with Crippen molar-refractivity contribution in [2.75, 3.05) is 0 Å². The quantitative estimate of drug-likeness (QED) is 0.621. The van der Waals surface area contributed by atoms with Crippen molar-refractivity contribution < 1.29 is 4.79 Å². The number of rotatable bonds is 1. The van der Waals surface area contributed by atoms with Crippen molar-refractivity contribution in [1.82, 2.24) is 14.6 Å². The zero-order valence-electron chi connectivity index (χ0n) is 5.94. The molecule has 12 heavy (non-hydrogen) atoms. The van der Waals surface area contributed by atoms with E-state index in [9.17, 15) is 4.79 Å². The van der Waals surface area contributed by atoms with E-state index in [1.807, 2.05) is 0 Å². The van der Waals surface area contributed by atoms with Gasteiger partial charge in [-0.1, -0.05) is 11.6 Å². The number of hydrogen-bond acceptors (Lipinski definition) is 3. The van der Waals surface area contributed by atoms with Gasteiger partial charge in [-0.05, 0) is 0 Å². The van der Waals surface area contributed by atoms with Crippen molar-refractivity contribution in [3.05, 3.63) is 29.2 Å². The number of aldehydes is 1. The second-order valence-electron chi connectivity index (χ2n) is 2.26. The minimum Gasteiger partial charge on any atom is -0.296 e. The number of fused-ring (bicyclic) bond motifs is 1. The first-order valence-corrected chi connectivity index (χ1v) is 3.63. The lowest BCUT2D eigenvalue weighted by atomic mass is 10.5. The number of nitrogens with zero attached hydrogens (tertiary/aromatic N) is 3. The fourth-order valence-electron chi connectivity index (χ4n) is 0.930. The van der Waals surface area contributed by atoms with Gasteiger partial charge in [0.25, 0.3) is 0 Å². The van der Waals surface area contributed by atoms with E-state index in [0.717, 1.165) is 0 Å². The van der Waals surface area contributed by atoms with Crippen LogP contribution in [0.15, 0.2) is 18.5 Å². The van der Waals surface area contributed by atoms with Crippen molar-refractivity contribution in [3.8, 4) is 0 Å². The van der Waals surface area contributed by atoms with Gasteiger partial charge in [0.05, 0.1) is 11.2 Å². The largest absolute Gasteiger partial charge is 0.296 e. The summed E-state index contributed by atoms with van der Waals surface area (Å²) in [5.41, 5.74) is 0.964. The second kappa shape index (κ2) is 2.57. The summed E-state index contributed by atoms with van der Waals surface area (Å²) in [7, 11) is 0. The predicted octanol–water partition coefficient (Wildman–Crippen LogP) is 1.20. The van der Waals surface area contributed by atoms with Crippen LogP contribution in [0.5, 0.6) is 0 Å². The van der Waals surface area contributed by atoms with E-state index in [1.54, 1.807) is 12.3 Å². The maximum atomic E-state index is 10.3. The first kappa shape index (κ1) is 7.24. The number of aromatic nitrogens is 3. The highest BCUT2D eigenvalue weighted by atomic mass is 35.5. The van der Waals surface area contributed by atoms with Gasteiger partial charge in [0, 0.05) is 12.3 Å². The summed E-state index contributed by atoms with van der Waals surface area (Å²) < 4.78 is 1.46. The molecule has 0 fully saturated rings. The molecule has 0 atom stereocenters. The Morgan fingerprint density at radius 1 is 1.58 bits per heavy atom. The van der Waals surface area contributed by atoms with Crippen molar-refractivity contribution in [1.29, 1.82) is 0 Å². The van der Waals surface area contributed by atoms with Crippen LogP contribution in [0.3, 0.4) is 0 Å². The Hall–Kier alpha value is -1.42. The van der Waals surface area contributed by atoms with Crippen LogP contribution in [0.25, 0.3) is 5.65 Å². The number of carbonyl (C=O) groups excluding carboxylic acids is 1. The van der Waals surface area contributed by atoms with Gasteiger partial charge in [0.15, 0.2) is 11.9 Å². The molecule has 4 nitrogen and oxygen atoms in total. The van der Waals surface area contributed by atoms with Gasteiger partial charge in [-0.2, -0.15) is 5.10 Å². The molecule has 0 aliphatic carbocycles. The predicted molar refractivity (Wildman–Crippen MR) is 43.4 cm³/mol. The highest BCUT2D eigenvalue weighted by Crippen LogP contribution is 2.07. The van der Waals surface area contributed by atoms with E-state index in [-0.39, 0.29) is 0 Å². The Morgan fingerprint density at radius 3 is 3.17 bits per heavy atom. The molecule has 0 N–H and O–H groups in total. The molecule has 0 amide bonds. The standard InChI is InChI=1S/C7H4ClN3O/c8-5-2-9-7-1-6(4-12)10-11(7)3-5/h1-4H. The summed E-state index contributed by atoms with van der Waals surface area (Å²) in [6.07, 6.45) is 3.77. The fraction of sp³-hybridized carbons (Fsp3) is 0. The molecule has 0 radical (unpaired) electrons. The van der Waals surface area contributed by atoms with Gasteiger partial charge < -0.3 is 0 Å². The number of hydrogen-bond donors (Lipinski definition) is 0. The van der Waals surface area contributed by atoms with Crippen LogP contribution in [0.4, 0.5) is 0 Å². The molecule has 0 aliphatic rings. The zero-order valence-corrected chi connectivity index (χ0v) is 6.69. The molecule has 2 aromatic heterocycles. The highest BCUT2D eigenvalue weighted by Gasteiger charge is 2.00. The molecule has 0 bridgehead atoms. The Morgan fingerprint density at radius 2 is 2.42 bits per heavy atom. The summed E-state index contributed by atoms with van der Waals surface area (Å²) >= 11 is 5.66. The summed E-state index contributed by atoms with van der Waals surface area (Å²) in [5.74, 6) is 0. The lowest BCUT2D eigenvalue weighted by Gasteiger charge is -1.90. The molecule has 0 spiro atoms. The average Bonchev–Trinajstić information content (AvgIpc) is 2.46. The van der Waals surface area contributed by atoms with Crippen LogP contribution >= 0.6 is 11.6 Å². The number of carbonyl (C=O) groups is 1. The van der Waals surface area contributed by atoms with Gasteiger partial charge in [0.1, 0.15) is 5.69 Å². The Kier molecular flexibility index (Phi) is 1.55.